The Bertz CT molecular complexity index is 380. The topological polar surface area (TPSA) is 56.0 Å². The van der Waals surface area contributed by atoms with E-state index in [2.05, 4.69) is 4.98 Å². The van der Waals surface area contributed by atoms with Gasteiger partial charge in [-0.1, -0.05) is 38.2 Å². The van der Waals surface area contributed by atoms with Crippen LogP contribution >= 0.6 is 11.8 Å². The highest BCUT2D eigenvalue weighted by Gasteiger charge is 2.27. The molecule has 1 aliphatic rings. The lowest BCUT2D eigenvalue weighted by atomic mass is 9.87. The zero-order chi connectivity index (χ0) is 12.8. The second-order valence-electron chi connectivity index (χ2n) is 4.77. The van der Waals surface area contributed by atoms with Crippen molar-refractivity contribution in [2.75, 3.05) is 0 Å². The van der Waals surface area contributed by atoms with Crippen LogP contribution < -0.4 is 0 Å². The molecule has 1 unspecified atom stereocenters. The van der Waals surface area contributed by atoms with Gasteiger partial charge >= 0.3 is 0 Å². The minimum absolute atomic E-state index is 0.159. The van der Waals surface area contributed by atoms with Gasteiger partial charge in [0.05, 0.1) is 0 Å². The fourth-order valence-electron chi connectivity index (χ4n) is 2.44. The van der Waals surface area contributed by atoms with E-state index in [-0.39, 0.29) is 4.92 Å². The summed E-state index contributed by atoms with van der Waals surface area (Å²) in [5.41, 5.74) is 0. The Hall–Kier alpha value is -1.10. The van der Waals surface area contributed by atoms with E-state index in [4.69, 9.17) is 0 Å². The van der Waals surface area contributed by atoms with Gasteiger partial charge < -0.3 is 0 Å². The minimum Gasteiger partial charge on any atom is -0.263 e. The number of hydrogen-bond acceptors (Lipinski definition) is 4. The lowest BCUT2D eigenvalue weighted by Crippen LogP contribution is -2.21. The molecule has 1 saturated carbocycles. The Morgan fingerprint density at radius 1 is 1.39 bits per heavy atom. The first kappa shape index (κ1) is 13.3. The molecular weight excluding hydrogens is 248 g/mol. The van der Waals surface area contributed by atoms with Crippen molar-refractivity contribution in [2.24, 2.45) is 5.92 Å². The molecule has 98 valence electrons. The number of aromatic nitrogens is 1. The smallest absolute Gasteiger partial charge is 0.263 e. The van der Waals surface area contributed by atoms with Gasteiger partial charge in [0.25, 0.3) is 5.37 Å². The first-order valence-corrected chi connectivity index (χ1v) is 7.35. The molecule has 1 fully saturated rings. The van der Waals surface area contributed by atoms with Gasteiger partial charge in [-0.3, -0.25) is 10.1 Å². The fourth-order valence-corrected chi connectivity index (χ4v) is 3.45. The van der Waals surface area contributed by atoms with Crippen LogP contribution in [0, 0.1) is 16.0 Å². The maximum Gasteiger partial charge on any atom is 0.264 e. The van der Waals surface area contributed by atoms with Crippen LogP contribution in [0.3, 0.4) is 0 Å². The number of nitrogens with zero attached hydrogens (tertiary/aromatic N) is 2. The highest BCUT2D eigenvalue weighted by Crippen LogP contribution is 2.33. The fraction of sp³-hybridized carbons (Fsp3) is 0.615. The predicted molar refractivity (Wildman–Crippen MR) is 72.1 cm³/mol. The molecule has 1 atom stereocenters. The molecule has 18 heavy (non-hydrogen) atoms. The SMILES string of the molecule is O=[N+]([O-])C(CC1CCCCC1)Sc1ccccn1. The largest absolute Gasteiger partial charge is 0.264 e. The Balaban J connectivity index is 1.93. The molecule has 1 aromatic rings. The molecule has 0 spiro atoms. The molecule has 2 rings (SSSR count). The van der Waals surface area contributed by atoms with Crippen LogP contribution in [-0.2, 0) is 0 Å². The van der Waals surface area contributed by atoms with E-state index in [0.29, 0.717) is 12.3 Å². The number of thioether (sulfide) groups is 1. The highest BCUT2D eigenvalue weighted by molar-refractivity contribution is 7.99. The van der Waals surface area contributed by atoms with E-state index in [1.54, 1.807) is 6.20 Å². The maximum absolute atomic E-state index is 11.1. The van der Waals surface area contributed by atoms with Crippen LogP contribution in [0.25, 0.3) is 0 Å². The Kier molecular flexibility index (Phi) is 4.99. The van der Waals surface area contributed by atoms with E-state index in [9.17, 15) is 10.1 Å². The molecule has 1 aromatic heterocycles. The predicted octanol–water partition coefficient (Wildman–Crippen LogP) is 3.75. The summed E-state index contributed by atoms with van der Waals surface area (Å²) in [6, 6.07) is 5.53. The van der Waals surface area contributed by atoms with E-state index in [1.807, 2.05) is 18.2 Å². The maximum atomic E-state index is 11.1. The van der Waals surface area contributed by atoms with Gasteiger partial charge in [-0.15, -0.1) is 0 Å². The van der Waals surface area contributed by atoms with E-state index < -0.39 is 5.37 Å². The van der Waals surface area contributed by atoms with Crippen LogP contribution in [-0.4, -0.2) is 15.3 Å². The first-order valence-electron chi connectivity index (χ1n) is 6.47. The molecule has 0 N–H and O–H groups in total. The van der Waals surface area contributed by atoms with Crippen molar-refractivity contribution in [3.63, 3.8) is 0 Å². The third kappa shape index (κ3) is 3.98. The zero-order valence-corrected chi connectivity index (χ0v) is 11.1. The standard InChI is InChI=1S/C13H18N2O2S/c16-15(17)13(10-11-6-2-1-3-7-11)18-12-8-4-5-9-14-12/h4-5,8-9,11,13H,1-3,6-7,10H2. The van der Waals surface area contributed by atoms with Gasteiger partial charge in [-0.25, -0.2) is 4.98 Å². The van der Waals surface area contributed by atoms with Crippen LogP contribution in [0.1, 0.15) is 38.5 Å². The lowest BCUT2D eigenvalue weighted by molar-refractivity contribution is -0.497. The molecule has 0 aliphatic heterocycles. The van der Waals surface area contributed by atoms with Crippen molar-refractivity contribution < 1.29 is 4.92 Å². The number of nitro groups is 1. The van der Waals surface area contributed by atoms with Crippen molar-refractivity contribution in [2.45, 2.75) is 48.9 Å². The second kappa shape index (κ2) is 6.73. The monoisotopic (exact) mass is 266 g/mol. The molecule has 5 heteroatoms. The Labute approximate surface area is 111 Å². The van der Waals surface area contributed by atoms with Crippen LogP contribution in [0.15, 0.2) is 29.4 Å². The quantitative estimate of drug-likeness (QED) is 0.352. The van der Waals surface area contributed by atoms with Crippen molar-refractivity contribution in [3.05, 3.63) is 34.5 Å². The van der Waals surface area contributed by atoms with E-state index in [1.165, 1.54) is 31.0 Å². The van der Waals surface area contributed by atoms with Crippen molar-refractivity contribution in [1.82, 2.24) is 4.98 Å². The first-order chi connectivity index (χ1) is 8.75. The summed E-state index contributed by atoms with van der Waals surface area (Å²) in [5, 5.41) is 11.3. The summed E-state index contributed by atoms with van der Waals surface area (Å²) in [6.07, 6.45) is 8.38. The van der Waals surface area contributed by atoms with Crippen molar-refractivity contribution >= 4 is 11.8 Å². The van der Waals surface area contributed by atoms with Crippen LogP contribution in [0.5, 0.6) is 0 Å². The molecule has 1 heterocycles. The van der Waals surface area contributed by atoms with Crippen LogP contribution in [0.2, 0.25) is 0 Å². The molecule has 4 nitrogen and oxygen atoms in total. The van der Waals surface area contributed by atoms with Gasteiger partial charge in [-0.05, 0) is 29.8 Å². The summed E-state index contributed by atoms with van der Waals surface area (Å²) in [7, 11) is 0. The summed E-state index contributed by atoms with van der Waals surface area (Å²) in [4.78, 5) is 15.1. The Morgan fingerprint density at radius 2 is 2.17 bits per heavy atom. The summed E-state index contributed by atoms with van der Waals surface area (Å²) in [6.45, 7) is 0. The second-order valence-corrected chi connectivity index (χ2v) is 5.96. The molecule has 1 aliphatic carbocycles. The van der Waals surface area contributed by atoms with Gasteiger partial charge in [0.15, 0.2) is 0 Å². The van der Waals surface area contributed by atoms with Gasteiger partial charge in [0, 0.05) is 17.5 Å². The molecular formula is C13H18N2O2S. The van der Waals surface area contributed by atoms with Crippen molar-refractivity contribution in [3.8, 4) is 0 Å². The molecule has 0 bridgehead atoms. The number of pyridine rings is 1. The lowest BCUT2D eigenvalue weighted by Gasteiger charge is -2.22. The number of hydrogen-bond donors (Lipinski definition) is 0. The molecule has 0 aromatic carbocycles. The third-order valence-corrected chi connectivity index (χ3v) is 4.51. The third-order valence-electron chi connectivity index (χ3n) is 3.39. The van der Waals surface area contributed by atoms with Crippen LogP contribution in [0.4, 0.5) is 0 Å². The summed E-state index contributed by atoms with van der Waals surface area (Å²) in [5.74, 6) is 0.519. The average molecular weight is 266 g/mol. The van der Waals surface area contributed by atoms with E-state index in [0.717, 1.165) is 17.9 Å². The molecule has 0 amide bonds. The summed E-state index contributed by atoms with van der Waals surface area (Å²) < 4.78 is 0. The minimum atomic E-state index is -0.553. The normalized spacial score (nSPS) is 18.4. The Morgan fingerprint density at radius 3 is 2.78 bits per heavy atom. The summed E-state index contributed by atoms with van der Waals surface area (Å²) >= 11 is 1.28. The van der Waals surface area contributed by atoms with E-state index >= 15 is 0 Å². The molecule has 0 radical (unpaired) electrons. The van der Waals surface area contributed by atoms with Gasteiger partial charge in [0.1, 0.15) is 5.03 Å². The number of rotatable bonds is 5. The van der Waals surface area contributed by atoms with Gasteiger partial charge in [0.2, 0.25) is 0 Å². The zero-order valence-electron chi connectivity index (χ0n) is 10.3. The molecule has 0 saturated heterocycles. The van der Waals surface area contributed by atoms with Gasteiger partial charge in [-0.2, -0.15) is 0 Å². The average Bonchev–Trinajstić information content (AvgIpc) is 2.40. The highest BCUT2D eigenvalue weighted by atomic mass is 32.2. The van der Waals surface area contributed by atoms with Crippen molar-refractivity contribution in [1.29, 1.82) is 0 Å².